The second kappa shape index (κ2) is 7.13. The lowest BCUT2D eigenvalue weighted by molar-refractivity contribution is 0.0801. The molecule has 1 saturated heterocycles. The predicted octanol–water partition coefficient (Wildman–Crippen LogP) is 1.46. The van der Waals surface area contributed by atoms with Gasteiger partial charge in [0.25, 0.3) is 0 Å². The number of carbonyl (C=O) groups is 2. The van der Waals surface area contributed by atoms with E-state index in [0.717, 1.165) is 26.1 Å². The van der Waals surface area contributed by atoms with E-state index < -0.39 is 5.66 Å². The largest absolute Gasteiger partial charge is 0.453 e. The molecule has 0 aromatic rings. The van der Waals surface area contributed by atoms with Crippen molar-refractivity contribution in [1.29, 1.82) is 0 Å². The van der Waals surface area contributed by atoms with Crippen molar-refractivity contribution in [3.63, 3.8) is 0 Å². The zero-order chi connectivity index (χ0) is 18.0. The van der Waals surface area contributed by atoms with Gasteiger partial charge in [-0.05, 0) is 12.5 Å². The van der Waals surface area contributed by atoms with Crippen molar-refractivity contribution < 1.29 is 14.3 Å². The molecule has 136 valence electrons. The average Bonchev–Trinajstić information content (AvgIpc) is 2.95. The lowest BCUT2D eigenvalue weighted by Crippen LogP contribution is -2.58. The number of ether oxygens (including phenoxy) is 1. The molecule has 0 spiro atoms. The van der Waals surface area contributed by atoms with Crippen LogP contribution in [0.5, 0.6) is 0 Å². The first-order valence-electron chi connectivity index (χ1n) is 8.37. The fraction of sp³-hybridized carbons (Fsp3) is 0.625. The van der Waals surface area contributed by atoms with Gasteiger partial charge in [-0.15, -0.1) is 0 Å². The van der Waals surface area contributed by atoms with Crippen molar-refractivity contribution in [2.75, 3.05) is 39.8 Å². The molecule has 1 unspecified atom stereocenters. The Bertz CT molecular complexity index is 654. The minimum atomic E-state index is -0.844. The van der Waals surface area contributed by atoms with Gasteiger partial charge in [0.2, 0.25) is 0 Å². The Balaban J connectivity index is 1.70. The number of dihydropyridines is 1. The molecule has 1 N–H and O–H groups in total. The van der Waals surface area contributed by atoms with Crippen LogP contribution in [0.2, 0.25) is 0 Å². The number of hydrogen-bond acceptors (Lipinski definition) is 5. The van der Waals surface area contributed by atoms with E-state index in [1.165, 1.54) is 7.11 Å². The van der Waals surface area contributed by atoms with Crippen molar-refractivity contribution in [3.05, 3.63) is 11.1 Å². The Morgan fingerprint density at radius 2 is 2.16 bits per heavy atom. The van der Waals surface area contributed by atoms with Gasteiger partial charge >= 0.3 is 12.1 Å². The predicted molar refractivity (Wildman–Crippen MR) is 95.3 cm³/mol. The lowest BCUT2D eigenvalue weighted by Gasteiger charge is -2.40. The number of nitrogens with zero attached hydrogens (tertiary/aromatic N) is 4. The van der Waals surface area contributed by atoms with Gasteiger partial charge in [-0.2, -0.15) is 4.99 Å². The number of allylic oxidation sites excluding steroid dienone is 1. The van der Waals surface area contributed by atoms with Crippen LogP contribution in [0.25, 0.3) is 0 Å². The smallest absolute Gasteiger partial charge is 0.409 e. The number of rotatable bonds is 4. The third-order valence-corrected chi connectivity index (χ3v) is 5.15. The van der Waals surface area contributed by atoms with Crippen LogP contribution in [0, 0.1) is 5.92 Å². The quantitative estimate of drug-likeness (QED) is 0.815. The van der Waals surface area contributed by atoms with E-state index in [1.807, 2.05) is 0 Å². The van der Waals surface area contributed by atoms with Crippen LogP contribution >= 0.6 is 11.6 Å². The van der Waals surface area contributed by atoms with E-state index in [2.05, 4.69) is 27.1 Å². The Labute approximate surface area is 151 Å². The van der Waals surface area contributed by atoms with E-state index in [9.17, 15) is 9.59 Å². The first-order chi connectivity index (χ1) is 12.0. The summed E-state index contributed by atoms with van der Waals surface area (Å²) >= 11 is 6.02. The topological polar surface area (TPSA) is 86.6 Å². The highest BCUT2D eigenvalue weighted by Crippen LogP contribution is 2.33. The highest BCUT2D eigenvalue weighted by Gasteiger charge is 2.48. The van der Waals surface area contributed by atoms with Crippen molar-refractivity contribution in [1.82, 2.24) is 15.1 Å². The van der Waals surface area contributed by atoms with Gasteiger partial charge < -0.3 is 15.0 Å². The maximum Gasteiger partial charge on any atom is 0.409 e. The number of carbonyl (C=O) groups excluding carboxylic acids is 2. The molecule has 0 aromatic carbocycles. The lowest BCUT2D eigenvalue weighted by atomic mass is 9.85. The van der Waals surface area contributed by atoms with E-state index in [1.54, 1.807) is 17.2 Å². The number of urea groups is 1. The summed E-state index contributed by atoms with van der Waals surface area (Å²) in [5, 5.41) is 3.38. The Kier molecular flexibility index (Phi) is 5.10. The third kappa shape index (κ3) is 3.41. The number of methoxy groups -OCH3 is 1. The fourth-order valence-corrected chi connectivity index (χ4v) is 3.70. The fourth-order valence-electron chi connectivity index (χ4n) is 3.55. The van der Waals surface area contributed by atoms with Gasteiger partial charge in [-0.25, -0.2) is 9.59 Å². The molecule has 8 nitrogen and oxygen atoms in total. The van der Waals surface area contributed by atoms with Crippen molar-refractivity contribution in [2.24, 2.45) is 15.9 Å². The first kappa shape index (κ1) is 17.9. The number of halogens is 1. The number of aliphatic imine (C=N–C) groups is 2. The molecule has 3 rings (SSSR count). The van der Waals surface area contributed by atoms with Gasteiger partial charge in [0.05, 0.1) is 17.9 Å². The van der Waals surface area contributed by atoms with E-state index in [0.29, 0.717) is 23.8 Å². The first-order valence-corrected chi connectivity index (χ1v) is 8.75. The number of piperazine rings is 1. The summed E-state index contributed by atoms with van der Waals surface area (Å²) in [4.78, 5) is 36.0. The van der Waals surface area contributed by atoms with Crippen molar-refractivity contribution >= 4 is 35.7 Å². The summed E-state index contributed by atoms with van der Waals surface area (Å²) in [7, 11) is 1.39. The van der Waals surface area contributed by atoms with E-state index >= 15 is 0 Å². The molecule has 0 aliphatic carbocycles. The number of hydrogen-bond donors (Lipinski definition) is 1. The normalized spacial score (nSPS) is 27.3. The van der Waals surface area contributed by atoms with Gasteiger partial charge in [0.15, 0.2) is 5.66 Å². The Morgan fingerprint density at radius 1 is 1.44 bits per heavy atom. The zero-order valence-corrected chi connectivity index (χ0v) is 15.1. The molecule has 3 heterocycles. The Morgan fingerprint density at radius 3 is 2.80 bits per heavy atom. The summed E-state index contributed by atoms with van der Waals surface area (Å²) in [6.45, 7) is 5.57. The average molecular weight is 368 g/mol. The summed E-state index contributed by atoms with van der Waals surface area (Å²) in [6, 6.07) is -0.385. The minimum Gasteiger partial charge on any atom is -0.453 e. The van der Waals surface area contributed by atoms with Crippen LogP contribution in [-0.2, 0) is 4.74 Å². The number of nitrogens with one attached hydrogen (secondary N) is 1. The summed E-state index contributed by atoms with van der Waals surface area (Å²) < 4.78 is 4.77. The van der Waals surface area contributed by atoms with Crippen molar-refractivity contribution in [2.45, 2.75) is 19.0 Å². The Hall–Kier alpha value is -1.93. The molecule has 3 aliphatic rings. The van der Waals surface area contributed by atoms with Crippen LogP contribution in [0.15, 0.2) is 21.1 Å². The van der Waals surface area contributed by atoms with E-state index in [-0.39, 0.29) is 18.0 Å². The van der Waals surface area contributed by atoms with Crippen LogP contribution < -0.4 is 5.32 Å². The molecule has 2 atom stereocenters. The second-order valence-corrected chi connectivity index (χ2v) is 6.78. The molecule has 1 fully saturated rings. The maximum atomic E-state index is 11.9. The van der Waals surface area contributed by atoms with Gasteiger partial charge in [0, 0.05) is 44.9 Å². The molecule has 0 bridgehead atoms. The van der Waals surface area contributed by atoms with Gasteiger partial charge in [-0.1, -0.05) is 18.5 Å². The van der Waals surface area contributed by atoms with Crippen LogP contribution in [0.1, 0.15) is 13.3 Å². The SMILES string of the molecule is CC[C@H](CN1CCN(C(=O)OC)CC1)C12N=CC(Cl)=CC1=NC(=O)N2. The van der Waals surface area contributed by atoms with Crippen LogP contribution in [0.3, 0.4) is 0 Å². The van der Waals surface area contributed by atoms with Crippen molar-refractivity contribution in [3.8, 4) is 0 Å². The molecule has 0 radical (unpaired) electrons. The third-order valence-electron chi connectivity index (χ3n) is 4.94. The van der Waals surface area contributed by atoms with Gasteiger partial charge in [-0.3, -0.25) is 9.89 Å². The zero-order valence-electron chi connectivity index (χ0n) is 14.4. The molecule has 0 aromatic heterocycles. The van der Waals surface area contributed by atoms with Crippen LogP contribution in [-0.4, -0.2) is 79.3 Å². The number of fused-ring (bicyclic) bond motifs is 1. The summed E-state index contributed by atoms with van der Waals surface area (Å²) in [5.41, 5.74) is -0.269. The minimum absolute atomic E-state index is 0.0552. The molecular formula is C16H22ClN5O3. The number of amides is 3. The molecule has 3 amide bonds. The summed E-state index contributed by atoms with van der Waals surface area (Å²) in [5.74, 6) is 0.0552. The highest BCUT2D eigenvalue weighted by molar-refractivity contribution is 6.42. The molecular weight excluding hydrogens is 346 g/mol. The molecule has 9 heteroatoms. The molecule has 0 saturated carbocycles. The maximum absolute atomic E-state index is 11.9. The molecule has 3 aliphatic heterocycles. The second-order valence-electron chi connectivity index (χ2n) is 6.34. The van der Waals surface area contributed by atoms with E-state index in [4.69, 9.17) is 16.3 Å². The van der Waals surface area contributed by atoms with Crippen LogP contribution in [0.4, 0.5) is 9.59 Å². The monoisotopic (exact) mass is 367 g/mol. The molecule has 25 heavy (non-hydrogen) atoms. The standard InChI is InChI=1S/C16H22ClN5O3/c1-3-11(10-21-4-6-22(7-5-21)15(24)25-2)16-13(19-14(23)20-16)8-12(17)9-18-16/h8-9,11H,3-7,10H2,1-2H3,(H,20,23)/t11-,16?/m1/s1. The summed E-state index contributed by atoms with van der Waals surface area (Å²) in [6.07, 6.45) is 3.80. The van der Waals surface area contributed by atoms with Gasteiger partial charge in [0.1, 0.15) is 0 Å². The highest BCUT2D eigenvalue weighted by atomic mass is 35.5.